The van der Waals surface area contributed by atoms with Crippen molar-refractivity contribution in [1.29, 1.82) is 0 Å². The van der Waals surface area contributed by atoms with Crippen LogP contribution in [0.25, 0.3) is 33.4 Å². The monoisotopic (exact) mass is 674 g/mol. The van der Waals surface area contributed by atoms with E-state index in [0.717, 1.165) is 52.0 Å². The second-order valence-electron chi connectivity index (χ2n) is 10.7. The minimum Gasteiger partial charge on any atom is -0.489 e. The second kappa shape index (κ2) is 15.3. The van der Waals surface area contributed by atoms with Crippen LogP contribution in [0.4, 0.5) is 0 Å². The summed E-state index contributed by atoms with van der Waals surface area (Å²) in [4.78, 5) is 22.6. The van der Waals surface area contributed by atoms with E-state index < -0.39 is 24.1 Å². The Bertz CT molecular complexity index is 1820. The fourth-order valence-corrected chi connectivity index (χ4v) is 5.75. The number of hydrogen-bond donors (Lipinski definition) is 2. The van der Waals surface area contributed by atoms with Gasteiger partial charge in [-0.25, -0.2) is 9.59 Å². The maximum atomic E-state index is 11.3. The molecular weight excluding hydrogens is 643 g/mol. The van der Waals surface area contributed by atoms with E-state index in [4.69, 9.17) is 42.1 Å². The van der Waals surface area contributed by atoms with Crippen LogP contribution < -0.4 is 9.47 Å². The van der Waals surface area contributed by atoms with Crippen molar-refractivity contribution in [3.63, 3.8) is 0 Å². The third-order valence-corrected chi connectivity index (χ3v) is 8.07. The zero-order chi connectivity index (χ0) is 33.5. The SMILES string of the molecule is C=CC(=O)OCC(O)COc1ccc(-c2ccc3c(c2-c2ccc(OCC(O)COC(=O)C=C)c(Cl)c2)Cc2ccccc2-3)cc1Cl. The van der Waals surface area contributed by atoms with Gasteiger partial charge in [0.25, 0.3) is 0 Å². The predicted molar refractivity (Wildman–Crippen MR) is 181 cm³/mol. The third kappa shape index (κ3) is 8.04. The number of benzene rings is 4. The van der Waals surface area contributed by atoms with Crippen LogP contribution in [0.5, 0.6) is 11.5 Å². The van der Waals surface area contributed by atoms with Crippen LogP contribution in [0.15, 0.2) is 98.1 Å². The van der Waals surface area contributed by atoms with Gasteiger partial charge in [-0.05, 0) is 75.2 Å². The molecule has 2 N–H and O–H groups in total. The average molecular weight is 676 g/mol. The summed E-state index contributed by atoms with van der Waals surface area (Å²) in [6.45, 7) is 5.92. The molecule has 0 saturated carbocycles. The van der Waals surface area contributed by atoms with Gasteiger partial charge in [-0.3, -0.25) is 0 Å². The highest BCUT2D eigenvalue weighted by molar-refractivity contribution is 6.32. The van der Waals surface area contributed by atoms with Crippen molar-refractivity contribution in [2.45, 2.75) is 18.6 Å². The van der Waals surface area contributed by atoms with Crippen molar-refractivity contribution in [3.8, 4) is 44.9 Å². The van der Waals surface area contributed by atoms with Gasteiger partial charge >= 0.3 is 11.9 Å². The summed E-state index contributed by atoms with van der Waals surface area (Å²) in [6.07, 6.45) is 0.669. The fraction of sp³-hybridized carbons (Fsp3) is 0.189. The van der Waals surface area contributed by atoms with Gasteiger partial charge in [0.15, 0.2) is 0 Å². The number of aliphatic hydroxyl groups is 2. The summed E-state index contributed by atoms with van der Waals surface area (Å²) in [6, 6.07) is 23.3. The van der Waals surface area contributed by atoms with Crippen LogP contribution in [0, 0.1) is 0 Å². The number of ether oxygens (including phenoxy) is 4. The molecular formula is C37H32Cl2O8. The Balaban J connectivity index is 1.43. The van der Waals surface area contributed by atoms with E-state index in [-0.39, 0.29) is 26.4 Å². The van der Waals surface area contributed by atoms with E-state index in [9.17, 15) is 19.8 Å². The van der Waals surface area contributed by atoms with Crippen molar-refractivity contribution >= 4 is 35.1 Å². The first kappa shape index (κ1) is 33.8. The first-order valence-electron chi connectivity index (χ1n) is 14.7. The lowest BCUT2D eigenvalue weighted by molar-refractivity contribution is -0.142. The molecule has 0 spiro atoms. The van der Waals surface area contributed by atoms with Gasteiger partial charge in [0.2, 0.25) is 0 Å². The van der Waals surface area contributed by atoms with Crippen molar-refractivity contribution in [2.75, 3.05) is 26.4 Å². The number of esters is 2. The van der Waals surface area contributed by atoms with Crippen LogP contribution in [-0.4, -0.2) is 60.8 Å². The molecule has 1 aliphatic carbocycles. The Morgan fingerprint density at radius 1 is 0.702 bits per heavy atom. The molecule has 47 heavy (non-hydrogen) atoms. The van der Waals surface area contributed by atoms with E-state index >= 15 is 0 Å². The molecule has 0 radical (unpaired) electrons. The average Bonchev–Trinajstić information content (AvgIpc) is 3.46. The van der Waals surface area contributed by atoms with E-state index in [1.54, 1.807) is 18.2 Å². The van der Waals surface area contributed by atoms with Gasteiger partial charge in [-0.1, -0.05) is 84.9 Å². The van der Waals surface area contributed by atoms with Gasteiger partial charge in [0.1, 0.15) is 50.1 Å². The van der Waals surface area contributed by atoms with Crippen LogP contribution in [0.1, 0.15) is 11.1 Å². The van der Waals surface area contributed by atoms with Gasteiger partial charge in [0.05, 0.1) is 10.0 Å². The van der Waals surface area contributed by atoms with Crippen LogP contribution in [0.2, 0.25) is 10.0 Å². The quantitative estimate of drug-likeness (QED) is 0.0973. The summed E-state index contributed by atoms with van der Waals surface area (Å²) in [5.74, 6) is -0.532. The Morgan fingerprint density at radius 3 is 1.81 bits per heavy atom. The number of aliphatic hydroxyl groups excluding tert-OH is 2. The van der Waals surface area contributed by atoms with Crippen LogP contribution >= 0.6 is 23.2 Å². The summed E-state index contributed by atoms with van der Waals surface area (Å²) < 4.78 is 21.2. The normalized spacial score (nSPS) is 12.7. The molecule has 1 aliphatic rings. The van der Waals surface area contributed by atoms with Crippen molar-refractivity contribution < 1.29 is 38.7 Å². The minimum absolute atomic E-state index is 0.129. The number of rotatable bonds is 14. The Morgan fingerprint density at radius 2 is 1.23 bits per heavy atom. The first-order valence-corrected chi connectivity index (χ1v) is 15.5. The van der Waals surface area contributed by atoms with Crippen molar-refractivity contribution in [2.24, 2.45) is 0 Å². The van der Waals surface area contributed by atoms with E-state index in [2.05, 4.69) is 37.4 Å². The lowest BCUT2D eigenvalue weighted by Gasteiger charge is -2.19. The Labute approximate surface area is 282 Å². The maximum Gasteiger partial charge on any atom is 0.330 e. The highest BCUT2D eigenvalue weighted by Gasteiger charge is 2.25. The highest BCUT2D eigenvalue weighted by Crippen LogP contribution is 2.47. The fourth-order valence-electron chi connectivity index (χ4n) is 5.28. The lowest BCUT2D eigenvalue weighted by atomic mass is 9.88. The summed E-state index contributed by atoms with van der Waals surface area (Å²) in [5.41, 5.74) is 8.26. The van der Waals surface area contributed by atoms with E-state index in [1.165, 1.54) is 11.1 Å². The van der Waals surface area contributed by atoms with E-state index in [0.29, 0.717) is 21.5 Å². The molecule has 0 fully saturated rings. The predicted octanol–water partition coefficient (Wildman–Crippen LogP) is 6.84. The minimum atomic E-state index is -1.05. The van der Waals surface area contributed by atoms with E-state index in [1.807, 2.05) is 30.3 Å². The Kier molecular flexibility index (Phi) is 11.0. The molecule has 10 heteroatoms. The largest absolute Gasteiger partial charge is 0.489 e. The molecule has 0 bridgehead atoms. The molecule has 2 unspecified atom stereocenters. The molecule has 0 amide bonds. The molecule has 2 atom stereocenters. The van der Waals surface area contributed by atoms with Gasteiger partial charge < -0.3 is 29.2 Å². The number of carbonyl (C=O) groups excluding carboxylic acids is 2. The zero-order valence-corrected chi connectivity index (χ0v) is 26.8. The number of carbonyl (C=O) groups is 2. The molecule has 8 nitrogen and oxygen atoms in total. The van der Waals surface area contributed by atoms with Crippen LogP contribution in [0.3, 0.4) is 0 Å². The number of fused-ring (bicyclic) bond motifs is 3. The summed E-state index contributed by atoms with van der Waals surface area (Å²) >= 11 is 13.4. The molecule has 0 aromatic heterocycles. The first-order chi connectivity index (χ1) is 22.7. The summed E-state index contributed by atoms with van der Waals surface area (Å²) in [5, 5.41) is 21.0. The van der Waals surface area contributed by atoms with Crippen molar-refractivity contribution in [1.82, 2.24) is 0 Å². The zero-order valence-electron chi connectivity index (χ0n) is 25.3. The van der Waals surface area contributed by atoms with Crippen molar-refractivity contribution in [3.05, 3.63) is 119 Å². The maximum absolute atomic E-state index is 11.3. The molecule has 4 aromatic rings. The smallest absolute Gasteiger partial charge is 0.330 e. The molecule has 0 saturated heterocycles. The standard InChI is InChI=1S/C37H32Cl2O8/c1-3-35(42)46-20-25(40)18-44-33-13-9-23(16-31(33)38)28-11-12-29-27-8-6-5-7-22(27)15-30(29)37(28)24-10-14-34(32(39)17-24)45-19-26(41)21-47-36(43)4-2/h3-14,16-17,25-26,40-41H,1-2,15,18-21H2. The summed E-state index contributed by atoms with van der Waals surface area (Å²) in [7, 11) is 0. The molecule has 4 aromatic carbocycles. The number of hydrogen-bond acceptors (Lipinski definition) is 8. The molecule has 0 aliphatic heterocycles. The molecule has 0 heterocycles. The molecule has 242 valence electrons. The third-order valence-electron chi connectivity index (χ3n) is 7.48. The second-order valence-corrected chi connectivity index (χ2v) is 11.6. The Hall–Kier alpha value is -4.60. The van der Waals surface area contributed by atoms with Gasteiger partial charge in [-0.2, -0.15) is 0 Å². The van der Waals surface area contributed by atoms with Gasteiger partial charge in [0, 0.05) is 12.2 Å². The van der Waals surface area contributed by atoms with Crippen LogP contribution in [-0.2, 0) is 25.5 Å². The number of halogens is 2. The molecule has 5 rings (SSSR count). The topological polar surface area (TPSA) is 112 Å². The highest BCUT2D eigenvalue weighted by atomic mass is 35.5. The lowest BCUT2D eigenvalue weighted by Crippen LogP contribution is -2.24. The van der Waals surface area contributed by atoms with Gasteiger partial charge in [-0.15, -0.1) is 0 Å².